The maximum Gasteiger partial charge on any atom is 0.326 e. The average Bonchev–Trinajstić information content (AvgIpc) is 2.75. The molecule has 18 heavy (non-hydrogen) atoms. The molecule has 0 saturated carbocycles. The van der Waals surface area contributed by atoms with E-state index >= 15 is 0 Å². The Morgan fingerprint density at radius 1 is 1.44 bits per heavy atom. The Labute approximate surface area is 104 Å². The molecule has 0 aromatic heterocycles. The molecule has 102 valence electrons. The monoisotopic (exact) mass is 259 g/mol. The zero-order valence-electron chi connectivity index (χ0n) is 9.83. The predicted molar refractivity (Wildman–Crippen MR) is 60.5 cm³/mol. The SMILES string of the molecule is NC(=O)C[C@H](NC(=O)N1CCC(CO)C1)C(=O)O. The number of aliphatic hydroxyl groups excluding tert-OH is 1. The van der Waals surface area contributed by atoms with Gasteiger partial charge in [-0.1, -0.05) is 0 Å². The van der Waals surface area contributed by atoms with Gasteiger partial charge in [0.25, 0.3) is 0 Å². The van der Waals surface area contributed by atoms with Gasteiger partial charge < -0.3 is 26.2 Å². The molecule has 1 aliphatic rings. The van der Waals surface area contributed by atoms with E-state index in [2.05, 4.69) is 5.32 Å². The van der Waals surface area contributed by atoms with Crippen molar-refractivity contribution in [2.75, 3.05) is 19.7 Å². The van der Waals surface area contributed by atoms with Gasteiger partial charge in [0.15, 0.2) is 0 Å². The molecule has 1 heterocycles. The predicted octanol–water partition coefficient (Wildman–Crippen LogP) is -1.66. The number of rotatable bonds is 5. The third-order valence-corrected chi connectivity index (χ3v) is 2.83. The first kappa shape index (κ1) is 14.2. The highest BCUT2D eigenvalue weighted by molar-refractivity contribution is 5.87. The standard InChI is InChI=1S/C10H17N3O5/c11-8(15)3-7(9(16)17)12-10(18)13-2-1-6(4-13)5-14/h6-7,14H,1-5H2,(H2,11,15)(H,12,18)(H,16,17)/t6?,7-/m0/s1. The van der Waals surface area contributed by atoms with Gasteiger partial charge in [-0.2, -0.15) is 0 Å². The minimum absolute atomic E-state index is 0.00652. The van der Waals surface area contributed by atoms with Crippen LogP contribution in [0, 0.1) is 5.92 Å². The Morgan fingerprint density at radius 3 is 2.56 bits per heavy atom. The maximum atomic E-state index is 11.7. The van der Waals surface area contributed by atoms with Crippen LogP contribution in [0.1, 0.15) is 12.8 Å². The third-order valence-electron chi connectivity index (χ3n) is 2.83. The summed E-state index contributed by atoms with van der Waals surface area (Å²) in [4.78, 5) is 34.6. The van der Waals surface area contributed by atoms with Crippen molar-refractivity contribution < 1.29 is 24.6 Å². The molecule has 1 unspecified atom stereocenters. The van der Waals surface area contributed by atoms with Crippen molar-refractivity contribution in [3.05, 3.63) is 0 Å². The first-order valence-electron chi connectivity index (χ1n) is 5.61. The van der Waals surface area contributed by atoms with Crippen LogP contribution in [0.25, 0.3) is 0 Å². The summed E-state index contributed by atoms with van der Waals surface area (Å²) in [5, 5.41) is 20.0. The van der Waals surface area contributed by atoms with Gasteiger partial charge in [0.1, 0.15) is 6.04 Å². The van der Waals surface area contributed by atoms with Crippen LogP contribution in [0.15, 0.2) is 0 Å². The maximum absolute atomic E-state index is 11.7. The van der Waals surface area contributed by atoms with Crippen molar-refractivity contribution in [1.82, 2.24) is 10.2 Å². The van der Waals surface area contributed by atoms with Gasteiger partial charge in [0, 0.05) is 25.6 Å². The first-order valence-corrected chi connectivity index (χ1v) is 5.61. The van der Waals surface area contributed by atoms with Gasteiger partial charge in [-0.3, -0.25) is 4.79 Å². The lowest BCUT2D eigenvalue weighted by Crippen LogP contribution is -2.48. The molecule has 2 atom stereocenters. The molecule has 0 radical (unpaired) electrons. The summed E-state index contributed by atoms with van der Waals surface area (Å²) in [6, 6.07) is -1.87. The summed E-state index contributed by atoms with van der Waals surface area (Å²) in [5.41, 5.74) is 4.90. The number of carboxylic acids is 1. The number of hydrogen-bond acceptors (Lipinski definition) is 4. The summed E-state index contributed by atoms with van der Waals surface area (Å²) in [6.07, 6.45) is 0.232. The Hall–Kier alpha value is -1.83. The number of aliphatic hydroxyl groups is 1. The second-order valence-electron chi connectivity index (χ2n) is 4.29. The lowest BCUT2D eigenvalue weighted by molar-refractivity contribution is -0.140. The van der Waals surface area contributed by atoms with Gasteiger partial charge in [-0.05, 0) is 6.42 Å². The topological polar surface area (TPSA) is 133 Å². The van der Waals surface area contributed by atoms with E-state index in [0.29, 0.717) is 19.5 Å². The van der Waals surface area contributed by atoms with E-state index in [1.165, 1.54) is 4.90 Å². The molecule has 8 heteroatoms. The van der Waals surface area contributed by atoms with E-state index in [1.54, 1.807) is 0 Å². The van der Waals surface area contributed by atoms with Crippen LogP contribution < -0.4 is 11.1 Å². The van der Waals surface area contributed by atoms with Crippen LogP contribution in [-0.2, 0) is 9.59 Å². The highest BCUT2D eigenvalue weighted by Gasteiger charge is 2.29. The molecule has 3 amide bonds. The number of aliphatic carboxylic acids is 1. The molecule has 5 N–H and O–H groups in total. The number of nitrogens with one attached hydrogen (secondary N) is 1. The quantitative estimate of drug-likeness (QED) is 0.469. The zero-order chi connectivity index (χ0) is 13.7. The lowest BCUT2D eigenvalue weighted by atomic mass is 10.1. The number of hydrogen-bond donors (Lipinski definition) is 4. The fourth-order valence-electron chi connectivity index (χ4n) is 1.81. The number of amides is 3. The second-order valence-corrected chi connectivity index (χ2v) is 4.29. The summed E-state index contributed by atoms with van der Waals surface area (Å²) >= 11 is 0. The van der Waals surface area contributed by atoms with Gasteiger partial charge in [-0.15, -0.1) is 0 Å². The largest absolute Gasteiger partial charge is 0.480 e. The summed E-state index contributed by atoms with van der Waals surface area (Å²) in [5.74, 6) is -2.08. The molecule has 8 nitrogen and oxygen atoms in total. The zero-order valence-corrected chi connectivity index (χ0v) is 9.83. The molecule has 0 bridgehead atoms. The Kier molecular flexibility index (Phi) is 4.90. The normalized spacial score (nSPS) is 20.5. The average molecular weight is 259 g/mol. The van der Waals surface area contributed by atoms with E-state index in [9.17, 15) is 14.4 Å². The fraction of sp³-hybridized carbons (Fsp3) is 0.700. The highest BCUT2D eigenvalue weighted by Crippen LogP contribution is 2.15. The number of nitrogens with zero attached hydrogens (tertiary/aromatic N) is 1. The van der Waals surface area contributed by atoms with Crippen LogP contribution in [0.4, 0.5) is 4.79 Å². The molecule has 1 saturated heterocycles. The number of carbonyl (C=O) groups excluding carboxylic acids is 2. The van der Waals surface area contributed by atoms with E-state index in [0.717, 1.165) is 0 Å². The second kappa shape index (κ2) is 6.20. The van der Waals surface area contributed by atoms with Crippen molar-refractivity contribution in [1.29, 1.82) is 0 Å². The van der Waals surface area contributed by atoms with Gasteiger partial charge >= 0.3 is 12.0 Å². The van der Waals surface area contributed by atoms with Crippen LogP contribution in [0.5, 0.6) is 0 Å². The molecular weight excluding hydrogens is 242 g/mol. The number of carbonyl (C=O) groups is 3. The number of urea groups is 1. The molecule has 0 aromatic rings. The molecule has 1 fully saturated rings. The van der Waals surface area contributed by atoms with Gasteiger partial charge in [-0.25, -0.2) is 9.59 Å². The van der Waals surface area contributed by atoms with Crippen molar-refractivity contribution in [3.8, 4) is 0 Å². The lowest BCUT2D eigenvalue weighted by Gasteiger charge is -2.20. The smallest absolute Gasteiger partial charge is 0.326 e. The van der Waals surface area contributed by atoms with E-state index in [-0.39, 0.29) is 12.5 Å². The Balaban J connectivity index is 2.51. The van der Waals surface area contributed by atoms with Crippen molar-refractivity contribution >= 4 is 17.9 Å². The first-order chi connectivity index (χ1) is 8.43. The van der Waals surface area contributed by atoms with Crippen molar-refractivity contribution in [3.63, 3.8) is 0 Å². The van der Waals surface area contributed by atoms with Crippen LogP contribution in [0.2, 0.25) is 0 Å². The van der Waals surface area contributed by atoms with Crippen LogP contribution >= 0.6 is 0 Å². The van der Waals surface area contributed by atoms with E-state index in [4.69, 9.17) is 15.9 Å². The third kappa shape index (κ3) is 3.88. The number of nitrogens with two attached hydrogens (primary N) is 1. The number of likely N-dealkylation sites (tertiary alicyclic amines) is 1. The molecule has 0 aromatic carbocycles. The summed E-state index contributed by atoms with van der Waals surface area (Å²) in [7, 11) is 0. The molecule has 0 spiro atoms. The van der Waals surface area contributed by atoms with Crippen molar-refractivity contribution in [2.24, 2.45) is 11.7 Å². The van der Waals surface area contributed by atoms with E-state index < -0.39 is 30.4 Å². The van der Waals surface area contributed by atoms with E-state index in [1.807, 2.05) is 0 Å². The molecular formula is C10H17N3O5. The Morgan fingerprint density at radius 2 is 2.11 bits per heavy atom. The molecule has 0 aliphatic carbocycles. The molecule has 1 aliphatic heterocycles. The minimum atomic E-state index is -1.32. The van der Waals surface area contributed by atoms with Crippen LogP contribution in [-0.4, -0.2) is 58.8 Å². The Bertz CT molecular complexity index is 346. The minimum Gasteiger partial charge on any atom is -0.480 e. The van der Waals surface area contributed by atoms with Crippen LogP contribution in [0.3, 0.4) is 0 Å². The molecule has 1 rings (SSSR count). The van der Waals surface area contributed by atoms with Gasteiger partial charge in [0.05, 0.1) is 6.42 Å². The summed E-state index contributed by atoms with van der Waals surface area (Å²) in [6.45, 7) is 0.832. The fourth-order valence-corrected chi connectivity index (χ4v) is 1.81. The summed E-state index contributed by atoms with van der Waals surface area (Å²) < 4.78 is 0. The highest BCUT2D eigenvalue weighted by atomic mass is 16.4. The number of primary amides is 1. The van der Waals surface area contributed by atoms with Gasteiger partial charge in [0.2, 0.25) is 5.91 Å². The number of carboxylic acid groups (broad SMARTS) is 1. The van der Waals surface area contributed by atoms with Crippen molar-refractivity contribution in [2.45, 2.75) is 18.9 Å².